The minimum Gasteiger partial charge on any atom is -0.508 e. The number of aromatic nitrogens is 2. The molecule has 9 nitrogen and oxygen atoms in total. The number of hydrogen-bond acceptors (Lipinski definition) is 8. The molecule has 3 aromatic carbocycles. The van der Waals surface area contributed by atoms with Crippen LogP contribution in [-0.4, -0.2) is 82.2 Å². The van der Waals surface area contributed by atoms with Gasteiger partial charge >= 0.3 is 6.01 Å². The minimum absolute atomic E-state index is 0.0134. The topological polar surface area (TPSA) is 106 Å². The van der Waals surface area contributed by atoms with Gasteiger partial charge in [-0.25, -0.2) is 8.78 Å². The minimum atomic E-state index is -1.29. The van der Waals surface area contributed by atoms with Crippen LogP contribution in [0.15, 0.2) is 43.0 Å². The molecule has 1 amide bonds. The van der Waals surface area contributed by atoms with Crippen molar-refractivity contribution in [3.05, 3.63) is 65.7 Å². The first kappa shape index (κ1) is 38.0. The van der Waals surface area contributed by atoms with Crippen LogP contribution in [0.4, 0.5) is 14.6 Å². The zero-order chi connectivity index (χ0) is 39.4. The molecule has 1 N–H and O–H groups in total. The normalized spacial score (nSPS) is 19.4. The summed E-state index contributed by atoms with van der Waals surface area (Å²) in [7, 11) is 1.77. The van der Waals surface area contributed by atoms with Crippen molar-refractivity contribution in [2.24, 2.45) is 5.41 Å². The van der Waals surface area contributed by atoms with Crippen LogP contribution in [0.3, 0.4) is 0 Å². The van der Waals surface area contributed by atoms with Crippen molar-refractivity contribution in [1.82, 2.24) is 19.8 Å². The summed E-state index contributed by atoms with van der Waals surface area (Å²) in [5.74, 6) is 1.00. The number of carbonyl (C=O) groups excluding carboxylic acids is 1. The number of nitrogens with zero attached hydrogens (tertiary/aromatic N) is 6. The molecule has 55 heavy (non-hydrogen) atoms. The Hall–Kier alpha value is -5.26. The molecule has 0 bridgehead atoms. The third-order valence-corrected chi connectivity index (χ3v) is 12.4. The van der Waals surface area contributed by atoms with Gasteiger partial charge in [-0.05, 0) is 118 Å². The molecule has 3 fully saturated rings. The van der Waals surface area contributed by atoms with Gasteiger partial charge in [-0.1, -0.05) is 32.4 Å². The number of amides is 1. The number of nitriles is 1. The molecule has 3 aliphatic heterocycles. The molecule has 1 unspecified atom stereocenters. The summed E-state index contributed by atoms with van der Waals surface area (Å²) >= 11 is 0. The molecule has 4 aromatic rings. The third kappa shape index (κ3) is 6.53. The van der Waals surface area contributed by atoms with E-state index in [0.717, 1.165) is 51.6 Å². The number of carbonyl (C=O) groups is 1. The summed E-state index contributed by atoms with van der Waals surface area (Å²) in [6.45, 7) is 14.6. The Labute approximate surface area is 321 Å². The van der Waals surface area contributed by atoms with E-state index in [-0.39, 0.29) is 67.8 Å². The number of fused-ring (bicyclic) bond motifs is 3. The van der Waals surface area contributed by atoms with Gasteiger partial charge in [0.1, 0.15) is 29.5 Å². The Bertz CT molecular complexity index is 2300. The second kappa shape index (κ2) is 14.1. The lowest BCUT2D eigenvalue weighted by atomic mass is 9.79. The highest BCUT2D eigenvalue weighted by molar-refractivity contribution is 6.05. The van der Waals surface area contributed by atoms with E-state index in [2.05, 4.69) is 42.2 Å². The smallest absolute Gasteiger partial charge is 0.319 e. The quantitative estimate of drug-likeness (QED) is 0.144. The number of phenols is 1. The lowest BCUT2D eigenvalue weighted by Crippen LogP contribution is -2.50. The van der Waals surface area contributed by atoms with E-state index in [0.29, 0.717) is 36.3 Å². The van der Waals surface area contributed by atoms with E-state index < -0.39 is 17.0 Å². The first-order valence-electron chi connectivity index (χ1n) is 19.0. The fraction of sp³-hybridized carbons (Fsp3) is 0.455. The van der Waals surface area contributed by atoms with E-state index in [1.807, 2.05) is 0 Å². The standard InChI is InChI=1S/C44H48F2N6O3/c1-8-29-33(45)14-13-27-21-28(53)22-30(36(27)29)37-32(43(5,6)25-47)23-31-39(38(37)46)48-41(55-26-44-16-11-19-52(44)20-12-17-44)49-40(31)51-18-10-15-42(3,4)34(24-51)50(7)35(54)9-2/h1,9,13-14,21-23,34,53H,2,10-12,15-20,24,26H2,3-7H3. The van der Waals surface area contributed by atoms with E-state index in [9.17, 15) is 15.2 Å². The molecule has 0 radical (unpaired) electrons. The van der Waals surface area contributed by atoms with E-state index >= 15 is 8.78 Å². The van der Waals surface area contributed by atoms with Crippen molar-refractivity contribution < 1.29 is 23.4 Å². The number of ether oxygens (including phenoxy) is 1. The van der Waals surface area contributed by atoms with Crippen LogP contribution in [0.25, 0.3) is 32.8 Å². The van der Waals surface area contributed by atoms with Crippen molar-refractivity contribution in [2.45, 2.75) is 83.2 Å². The number of hydrogen-bond donors (Lipinski definition) is 1. The molecular formula is C44H48F2N6O3. The number of halogens is 2. The van der Waals surface area contributed by atoms with Gasteiger partial charge in [0.2, 0.25) is 5.91 Å². The van der Waals surface area contributed by atoms with Crippen LogP contribution in [0.1, 0.15) is 77.3 Å². The van der Waals surface area contributed by atoms with Crippen LogP contribution >= 0.6 is 0 Å². The molecule has 0 spiro atoms. The largest absolute Gasteiger partial charge is 0.508 e. The summed E-state index contributed by atoms with van der Waals surface area (Å²) in [4.78, 5) is 29.0. The highest BCUT2D eigenvalue weighted by Crippen LogP contribution is 2.46. The zero-order valence-corrected chi connectivity index (χ0v) is 32.3. The second-order valence-electron chi connectivity index (χ2n) is 16.6. The lowest BCUT2D eigenvalue weighted by molar-refractivity contribution is -0.128. The molecule has 11 heteroatoms. The third-order valence-electron chi connectivity index (χ3n) is 12.4. The predicted octanol–water partition coefficient (Wildman–Crippen LogP) is 7.86. The van der Waals surface area contributed by atoms with Gasteiger partial charge in [0.05, 0.1) is 28.6 Å². The van der Waals surface area contributed by atoms with Gasteiger partial charge in [-0.3, -0.25) is 9.69 Å². The number of likely N-dealkylation sites (N-methyl/N-ethyl adjacent to an activating group) is 1. The highest BCUT2D eigenvalue weighted by Gasteiger charge is 2.45. The Morgan fingerprint density at radius 3 is 2.53 bits per heavy atom. The number of aromatic hydroxyl groups is 1. The first-order chi connectivity index (χ1) is 26.1. The molecule has 7 rings (SSSR count). The van der Waals surface area contributed by atoms with Crippen LogP contribution in [0, 0.1) is 40.7 Å². The Morgan fingerprint density at radius 2 is 1.85 bits per heavy atom. The maximum absolute atomic E-state index is 17.9. The van der Waals surface area contributed by atoms with Gasteiger partial charge in [0, 0.05) is 36.5 Å². The van der Waals surface area contributed by atoms with E-state index in [4.69, 9.17) is 21.1 Å². The molecular weight excluding hydrogens is 699 g/mol. The number of anilines is 1. The number of terminal acetylenes is 1. The number of benzene rings is 3. The molecule has 1 aromatic heterocycles. The Balaban J connectivity index is 1.51. The van der Waals surface area contributed by atoms with Crippen molar-refractivity contribution in [2.75, 3.05) is 44.7 Å². The summed E-state index contributed by atoms with van der Waals surface area (Å²) in [6.07, 6.45) is 12.9. The fourth-order valence-electron chi connectivity index (χ4n) is 9.31. The van der Waals surface area contributed by atoms with E-state index in [1.54, 1.807) is 31.9 Å². The number of phenolic OH excluding ortho intramolecular Hbond substituents is 1. The predicted molar refractivity (Wildman–Crippen MR) is 211 cm³/mol. The van der Waals surface area contributed by atoms with Gasteiger partial charge in [0.15, 0.2) is 5.82 Å². The zero-order valence-electron chi connectivity index (χ0n) is 32.3. The highest BCUT2D eigenvalue weighted by atomic mass is 19.1. The van der Waals surface area contributed by atoms with Crippen LogP contribution in [0.5, 0.6) is 11.8 Å². The Kier molecular flexibility index (Phi) is 9.75. The van der Waals surface area contributed by atoms with Gasteiger partial charge in [0.25, 0.3) is 0 Å². The van der Waals surface area contributed by atoms with Crippen LogP contribution < -0.4 is 9.64 Å². The van der Waals surface area contributed by atoms with Crippen molar-refractivity contribution in [3.63, 3.8) is 0 Å². The van der Waals surface area contributed by atoms with Crippen molar-refractivity contribution >= 4 is 33.4 Å². The summed E-state index contributed by atoms with van der Waals surface area (Å²) in [5.41, 5.74) is -1.44. The summed E-state index contributed by atoms with van der Waals surface area (Å²) < 4.78 is 39.7. The van der Waals surface area contributed by atoms with Crippen molar-refractivity contribution in [3.8, 4) is 41.3 Å². The molecule has 1 atom stereocenters. The lowest BCUT2D eigenvalue weighted by Gasteiger charge is -2.40. The molecule has 4 heterocycles. The van der Waals surface area contributed by atoms with Crippen LogP contribution in [0.2, 0.25) is 0 Å². The average Bonchev–Trinajstić information content (AvgIpc) is 3.70. The SMILES string of the molecule is C#Cc1c(F)ccc2cc(O)cc(-c3c(C(C)(C)C#N)cc4c(N5CCCC(C)(C)C(N(C)C(=O)C=C)C5)nc(OCC56CCCN5CCC6)nc4c3F)c12. The molecule has 0 aliphatic carbocycles. The van der Waals surface area contributed by atoms with E-state index in [1.165, 1.54) is 30.3 Å². The number of rotatable bonds is 8. The first-order valence-corrected chi connectivity index (χ1v) is 19.0. The summed E-state index contributed by atoms with van der Waals surface area (Å²) in [6, 6.07) is 9.31. The second-order valence-corrected chi connectivity index (χ2v) is 16.6. The molecule has 0 saturated carbocycles. The monoisotopic (exact) mass is 746 g/mol. The fourth-order valence-corrected chi connectivity index (χ4v) is 9.31. The molecule has 286 valence electrons. The Morgan fingerprint density at radius 1 is 1.15 bits per heavy atom. The van der Waals surface area contributed by atoms with Gasteiger partial charge in [-0.15, -0.1) is 6.42 Å². The van der Waals surface area contributed by atoms with Gasteiger partial charge in [-0.2, -0.15) is 15.2 Å². The summed E-state index contributed by atoms with van der Waals surface area (Å²) in [5, 5.41) is 22.5. The maximum Gasteiger partial charge on any atom is 0.319 e. The maximum atomic E-state index is 17.9. The van der Waals surface area contributed by atoms with Crippen molar-refractivity contribution in [1.29, 1.82) is 5.26 Å². The van der Waals surface area contributed by atoms with Gasteiger partial charge < -0.3 is 19.6 Å². The van der Waals surface area contributed by atoms with Crippen LogP contribution in [-0.2, 0) is 10.2 Å². The molecule has 3 aliphatic rings. The molecule has 3 saturated heterocycles. The average molecular weight is 747 g/mol.